The summed E-state index contributed by atoms with van der Waals surface area (Å²) in [5.74, 6) is 1.49. The molecule has 25 heavy (non-hydrogen) atoms. The highest BCUT2D eigenvalue weighted by Crippen LogP contribution is 2.04. The van der Waals surface area contributed by atoms with E-state index in [2.05, 4.69) is 32.7 Å². The molecule has 0 atom stereocenters. The third-order valence-electron chi connectivity index (χ3n) is 3.17. The smallest absolute Gasteiger partial charge is 0.191 e. The van der Waals surface area contributed by atoms with E-state index in [9.17, 15) is 0 Å². The van der Waals surface area contributed by atoms with Crippen molar-refractivity contribution in [2.75, 3.05) is 33.4 Å². The van der Waals surface area contributed by atoms with Crippen molar-refractivity contribution in [2.45, 2.75) is 6.61 Å². The molecule has 0 fully saturated rings. The second-order valence-corrected chi connectivity index (χ2v) is 5.00. The minimum atomic E-state index is 0. The maximum atomic E-state index is 5.62. The number of ether oxygens (including phenoxy) is 2. The van der Waals surface area contributed by atoms with E-state index in [0.717, 1.165) is 11.7 Å². The molecule has 7 heteroatoms. The van der Waals surface area contributed by atoms with E-state index in [0.29, 0.717) is 32.9 Å². The molecular weight excluding hydrogens is 431 g/mol. The molecule has 2 rings (SSSR count). The van der Waals surface area contributed by atoms with Gasteiger partial charge in [0.05, 0.1) is 26.0 Å². The van der Waals surface area contributed by atoms with Gasteiger partial charge in [-0.05, 0) is 17.7 Å². The number of benzene rings is 1. The van der Waals surface area contributed by atoms with Crippen LogP contribution in [0.15, 0.2) is 59.9 Å². The Bertz CT molecular complexity index is 597. The second-order valence-electron chi connectivity index (χ2n) is 5.00. The molecule has 0 unspecified atom stereocenters. The molecular formula is C18H25IN4O2. The first-order chi connectivity index (χ1) is 11.9. The van der Waals surface area contributed by atoms with E-state index < -0.39 is 0 Å². The molecule has 0 spiro atoms. The molecule has 0 amide bonds. The summed E-state index contributed by atoms with van der Waals surface area (Å²) < 4.78 is 11.2. The van der Waals surface area contributed by atoms with Gasteiger partial charge in [0.1, 0.15) is 12.4 Å². The Morgan fingerprint density at radius 3 is 2.48 bits per heavy atom. The lowest BCUT2D eigenvalue weighted by molar-refractivity contribution is 0.125. The van der Waals surface area contributed by atoms with Crippen molar-refractivity contribution < 1.29 is 9.47 Å². The highest BCUT2D eigenvalue weighted by molar-refractivity contribution is 14.0. The van der Waals surface area contributed by atoms with Gasteiger partial charge in [-0.1, -0.05) is 30.3 Å². The summed E-state index contributed by atoms with van der Waals surface area (Å²) in [6.07, 6.45) is 3.41. The average molecular weight is 456 g/mol. The molecule has 1 heterocycles. The Kier molecular flexibility index (Phi) is 11.4. The molecule has 0 bridgehead atoms. The molecule has 136 valence electrons. The predicted molar refractivity (Wildman–Crippen MR) is 111 cm³/mol. The number of aliphatic imine (C=N–C) groups is 1. The van der Waals surface area contributed by atoms with Gasteiger partial charge in [0, 0.05) is 19.8 Å². The van der Waals surface area contributed by atoms with Crippen LogP contribution in [-0.4, -0.2) is 44.3 Å². The van der Waals surface area contributed by atoms with E-state index in [1.165, 1.54) is 5.56 Å². The standard InChI is InChI=1S/C18H24N4O2.HI/c1-19-18(22-11-13-24-17-8-5-9-20-14-17)21-10-12-23-15-16-6-3-2-4-7-16;/h2-9,14H,10-13,15H2,1H3,(H2,19,21,22);1H. The van der Waals surface area contributed by atoms with Crippen LogP contribution in [0.2, 0.25) is 0 Å². The van der Waals surface area contributed by atoms with Gasteiger partial charge in [-0.25, -0.2) is 0 Å². The van der Waals surface area contributed by atoms with Gasteiger partial charge in [-0.15, -0.1) is 24.0 Å². The molecule has 0 aliphatic rings. The van der Waals surface area contributed by atoms with Crippen LogP contribution in [-0.2, 0) is 11.3 Å². The maximum Gasteiger partial charge on any atom is 0.191 e. The molecule has 0 radical (unpaired) electrons. The molecule has 6 nitrogen and oxygen atoms in total. The van der Waals surface area contributed by atoms with Crippen LogP contribution in [0.1, 0.15) is 5.56 Å². The fourth-order valence-electron chi connectivity index (χ4n) is 2.00. The monoisotopic (exact) mass is 456 g/mol. The van der Waals surface area contributed by atoms with Gasteiger partial charge in [0.25, 0.3) is 0 Å². The van der Waals surface area contributed by atoms with Gasteiger partial charge in [0.2, 0.25) is 0 Å². The summed E-state index contributed by atoms with van der Waals surface area (Å²) in [5.41, 5.74) is 1.17. The Morgan fingerprint density at radius 2 is 1.80 bits per heavy atom. The minimum Gasteiger partial charge on any atom is -0.490 e. The zero-order chi connectivity index (χ0) is 16.9. The summed E-state index contributed by atoms with van der Waals surface area (Å²) in [4.78, 5) is 8.16. The quantitative estimate of drug-likeness (QED) is 0.263. The molecule has 2 aromatic rings. The fourth-order valence-corrected chi connectivity index (χ4v) is 2.00. The number of guanidine groups is 1. The van der Waals surface area contributed by atoms with Crippen molar-refractivity contribution in [2.24, 2.45) is 4.99 Å². The van der Waals surface area contributed by atoms with Gasteiger partial charge >= 0.3 is 0 Å². The van der Waals surface area contributed by atoms with Gasteiger partial charge in [-0.2, -0.15) is 0 Å². The Labute approximate surface area is 166 Å². The van der Waals surface area contributed by atoms with E-state index in [1.807, 2.05) is 30.3 Å². The van der Waals surface area contributed by atoms with Crippen LogP contribution in [0.3, 0.4) is 0 Å². The Balaban J connectivity index is 0.00000312. The lowest BCUT2D eigenvalue weighted by Crippen LogP contribution is -2.40. The third kappa shape index (κ3) is 9.25. The number of aromatic nitrogens is 1. The van der Waals surface area contributed by atoms with Crippen LogP contribution in [0.5, 0.6) is 5.75 Å². The Hall–Kier alpha value is -1.87. The van der Waals surface area contributed by atoms with Crippen LogP contribution < -0.4 is 15.4 Å². The zero-order valence-corrected chi connectivity index (χ0v) is 16.7. The highest BCUT2D eigenvalue weighted by Gasteiger charge is 1.98. The van der Waals surface area contributed by atoms with Crippen molar-refractivity contribution in [1.29, 1.82) is 0 Å². The first kappa shape index (κ1) is 21.2. The van der Waals surface area contributed by atoms with E-state index >= 15 is 0 Å². The summed E-state index contributed by atoms with van der Waals surface area (Å²) in [6.45, 7) is 3.11. The SMILES string of the molecule is CN=C(NCCOCc1ccccc1)NCCOc1cccnc1.I. The molecule has 1 aromatic carbocycles. The normalized spacial score (nSPS) is 10.7. The molecule has 2 N–H and O–H groups in total. The summed E-state index contributed by atoms with van der Waals surface area (Å²) in [7, 11) is 1.74. The van der Waals surface area contributed by atoms with Crippen molar-refractivity contribution in [1.82, 2.24) is 15.6 Å². The van der Waals surface area contributed by atoms with E-state index in [1.54, 1.807) is 19.4 Å². The number of rotatable bonds is 9. The third-order valence-corrected chi connectivity index (χ3v) is 3.17. The van der Waals surface area contributed by atoms with E-state index in [4.69, 9.17) is 9.47 Å². The number of hydrogen-bond acceptors (Lipinski definition) is 4. The van der Waals surface area contributed by atoms with Gasteiger partial charge < -0.3 is 20.1 Å². The summed E-state index contributed by atoms with van der Waals surface area (Å²) in [6, 6.07) is 13.8. The average Bonchev–Trinajstić information content (AvgIpc) is 2.65. The lowest BCUT2D eigenvalue weighted by atomic mass is 10.2. The van der Waals surface area contributed by atoms with Gasteiger partial charge in [-0.3, -0.25) is 9.98 Å². The van der Waals surface area contributed by atoms with Crippen LogP contribution in [0.25, 0.3) is 0 Å². The fraction of sp³-hybridized carbons (Fsp3) is 0.333. The van der Waals surface area contributed by atoms with Crippen molar-refractivity contribution >= 4 is 29.9 Å². The zero-order valence-electron chi connectivity index (χ0n) is 14.4. The van der Waals surface area contributed by atoms with Gasteiger partial charge in [0.15, 0.2) is 5.96 Å². The van der Waals surface area contributed by atoms with Crippen molar-refractivity contribution in [3.05, 3.63) is 60.4 Å². The van der Waals surface area contributed by atoms with Crippen LogP contribution in [0.4, 0.5) is 0 Å². The maximum absolute atomic E-state index is 5.62. The first-order valence-electron chi connectivity index (χ1n) is 7.97. The van der Waals surface area contributed by atoms with Crippen molar-refractivity contribution in [3.8, 4) is 5.75 Å². The predicted octanol–water partition coefficient (Wildman–Crippen LogP) is 2.46. The number of nitrogens with zero attached hydrogens (tertiary/aromatic N) is 2. The number of hydrogen-bond donors (Lipinski definition) is 2. The number of nitrogens with one attached hydrogen (secondary N) is 2. The minimum absolute atomic E-state index is 0. The number of halogens is 1. The second kappa shape index (κ2) is 13.4. The molecule has 0 aliphatic heterocycles. The largest absolute Gasteiger partial charge is 0.490 e. The molecule has 0 aliphatic carbocycles. The number of pyridine rings is 1. The van der Waals surface area contributed by atoms with Crippen molar-refractivity contribution in [3.63, 3.8) is 0 Å². The summed E-state index contributed by atoms with van der Waals surface area (Å²) in [5, 5.41) is 6.39. The Morgan fingerprint density at radius 1 is 1.04 bits per heavy atom. The van der Waals surface area contributed by atoms with E-state index in [-0.39, 0.29) is 24.0 Å². The molecule has 1 aromatic heterocycles. The molecule has 0 saturated heterocycles. The van der Waals surface area contributed by atoms with Crippen LogP contribution >= 0.6 is 24.0 Å². The topological polar surface area (TPSA) is 67.8 Å². The lowest BCUT2D eigenvalue weighted by Gasteiger charge is -2.12. The first-order valence-corrected chi connectivity index (χ1v) is 7.97. The summed E-state index contributed by atoms with van der Waals surface area (Å²) >= 11 is 0. The van der Waals surface area contributed by atoms with Crippen LogP contribution in [0, 0.1) is 0 Å². The highest BCUT2D eigenvalue weighted by atomic mass is 127. The molecule has 0 saturated carbocycles.